The standard InChI is InChI=1S/C10H12F3NO2/c1-3-6-5-14-8(10(11,12)13)7(6)9(15)16-4-2/h3-5H2,1-2H3. The van der Waals surface area contributed by atoms with Gasteiger partial charge in [0.15, 0.2) is 5.71 Å². The second-order valence-electron chi connectivity index (χ2n) is 3.22. The highest BCUT2D eigenvalue weighted by atomic mass is 19.4. The van der Waals surface area contributed by atoms with Gasteiger partial charge in [0.05, 0.1) is 18.7 Å². The lowest BCUT2D eigenvalue weighted by Crippen LogP contribution is -2.28. The maximum atomic E-state index is 12.5. The number of nitrogens with zero attached hydrogens (tertiary/aromatic N) is 1. The van der Waals surface area contributed by atoms with Crippen LogP contribution in [0.15, 0.2) is 16.1 Å². The van der Waals surface area contributed by atoms with Gasteiger partial charge in [0.1, 0.15) is 0 Å². The van der Waals surface area contributed by atoms with Gasteiger partial charge >= 0.3 is 12.1 Å². The summed E-state index contributed by atoms with van der Waals surface area (Å²) in [6.45, 7) is 3.21. The molecule has 90 valence electrons. The number of carbonyl (C=O) groups excluding carboxylic acids is 1. The van der Waals surface area contributed by atoms with E-state index in [4.69, 9.17) is 0 Å². The zero-order valence-corrected chi connectivity index (χ0v) is 9.02. The average Bonchev–Trinajstić information content (AvgIpc) is 2.60. The van der Waals surface area contributed by atoms with Crippen LogP contribution in [0, 0.1) is 0 Å². The molecule has 0 bridgehead atoms. The number of ether oxygens (including phenoxy) is 1. The summed E-state index contributed by atoms with van der Waals surface area (Å²) in [6, 6.07) is 0. The molecule has 0 saturated carbocycles. The van der Waals surface area contributed by atoms with Gasteiger partial charge in [-0.3, -0.25) is 4.99 Å². The quantitative estimate of drug-likeness (QED) is 0.704. The topological polar surface area (TPSA) is 38.7 Å². The van der Waals surface area contributed by atoms with Crippen molar-refractivity contribution in [2.24, 2.45) is 4.99 Å². The van der Waals surface area contributed by atoms with Crippen molar-refractivity contribution in [3.63, 3.8) is 0 Å². The molecule has 1 aliphatic heterocycles. The molecule has 0 saturated heterocycles. The number of hydrogen-bond acceptors (Lipinski definition) is 3. The van der Waals surface area contributed by atoms with E-state index >= 15 is 0 Å². The zero-order chi connectivity index (χ0) is 12.3. The highest BCUT2D eigenvalue weighted by Crippen LogP contribution is 2.30. The van der Waals surface area contributed by atoms with Gasteiger partial charge in [-0.2, -0.15) is 13.2 Å². The fourth-order valence-corrected chi connectivity index (χ4v) is 1.46. The molecule has 0 aromatic rings. The molecule has 0 amide bonds. The van der Waals surface area contributed by atoms with Crippen molar-refractivity contribution in [3.05, 3.63) is 11.1 Å². The van der Waals surface area contributed by atoms with Crippen molar-refractivity contribution in [3.8, 4) is 0 Å². The van der Waals surface area contributed by atoms with Gasteiger partial charge in [-0.1, -0.05) is 6.92 Å². The lowest BCUT2D eigenvalue weighted by molar-refractivity contribution is -0.138. The van der Waals surface area contributed by atoms with Crippen molar-refractivity contribution < 1.29 is 22.7 Å². The van der Waals surface area contributed by atoms with E-state index in [0.717, 1.165) is 0 Å². The Hall–Kier alpha value is -1.33. The molecular formula is C10H12F3NO2. The van der Waals surface area contributed by atoms with Crippen LogP contribution in [-0.4, -0.2) is 31.0 Å². The third-order valence-corrected chi connectivity index (χ3v) is 2.19. The van der Waals surface area contributed by atoms with Crippen LogP contribution in [0.3, 0.4) is 0 Å². The molecule has 0 aromatic carbocycles. The molecule has 6 heteroatoms. The Bertz CT molecular complexity index is 356. The fraction of sp³-hybridized carbons (Fsp3) is 0.600. The molecule has 1 aliphatic rings. The predicted molar refractivity (Wildman–Crippen MR) is 52.3 cm³/mol. The second kappa shape index (κ2) is 4.67. The van der Waals surface area contributed by atoms with Crippen LogP contribution in [0.5, 0.6) is 0 Å². The first-order valence-corrected chi connectivity index (χ1v) is 4.93. The Morgan fingerprint density at radius 2 is 2.06 bits per heavy atom. The van der Waals surface area contributed by atoms with Crippen LogP contribution in [0.4, 0.5) is 13.2 Å². The number of alkyl halides is 3. The van der Waals surface area contributed by atoms with Gasteiger partial charge in [-0.15, -0.1) is 0 Å². The maximum absolute atomic E-state index is 12.5. The molecule has 1 rings (SSSR count). The Labute approximate surface area is 91.0 Å². The summed E-state index contributed by atoms with van der Waals surface area (Å²) in [7, 11) is 0. The van der Waals surface area contributed by atoms with Gasteiger partial charge in [-0.05, 0) is 18.9 Å². The molecule has 0 aliphatic carbocycles. The summed E-state index contributed by atoms with van der Waals surface area (Å²) in [5.74, 6) is -0.937. The van der Waals surface area contributed by atoms with Crippen molar-refractivity contribution >= 4 is 11.7 Å². The smallest absolute Gasteiger partial charge is 0.433 e. The van der Waals surface area contributed by atoms with Crippen molar-refractivity contribution in [1.29, 1.82) is 0 Å². The number of halogens is 3. The molecule has 0 radical (unpaired) electrons. The van der Waals surface area contributed by atoms with Gasteiger partial charge in [-0.25, -0.2) is 4.79 Å². The molecule has 1 heterocycles. The van der Waals surface area contributed by atoms with E-state index < -0.39 is 23.4 Å². The molecule has 0 aromatic heterocycles. The average molecular weight is 235 g/mol. The van der Waals surface area contributed by atoms with Crippen LogP contribution in [0.25, 0.3) is 0 Å². The summed E-state index contributed by atoms with van der Waals surface area (Å²) < 4.78 is 42.3. The first-order chi connectivity index (χ1) is 7.41. The number of hydrogen-bond donors (Lipinski definition) is 0. The molecule has 0 N–H and O–H groups in total. The van der Waals surface area contributed by atoms with E-state index in [1.165, 1.54) is 0 Å². The van der Waals surface area contributed by atoms with E-state index in [2.05, 4.69) is 9.73 Å². The van der Waals surface area contributed by atoms with E-state index in [0.29, 0.717) is 12.0 Å². The van der Waals surface area contributed by atoms with Gasteiger partial charge in [0, 0.05) is 0 Å². The summed E-state index contributed by atoms with van der Waals surface area (Å²) >= 11 is 0. The SMILES string of the molecule is CCOC(=O)C1=C(CC)CN=C1C(F)(F)F. The largest absolute Gasteiger partial charge is 0.462 e. The summed E-state index contributed by atoms with van der Waals surface area (Å²) in [5, 5.41) is 0. The van der Waals surface area contributed by atoms with Gasteiger partial charge < -0.3 is 4.74 Å². The monoisotopic (exact) mass is 235 g/mol. The summed E-state index contributed by atoms with van der Waals surface area (Å²) in [5.41, 5.74) is -1.13. The fourth-order valence-electron chi connectivity index (χ4n) is 1.46. The van der Waals surface area contributed by atoms with E-state index in [9.17, 15) is 18.0 Å². The van der Waals surface area contributed by atoms with Crippen LogP contribution in [-0.2, 0) is 9.53 Å². The van der Waals surface area contributed by atoms with Gasteiger partial charge in [0.25, 0.3) is 0 Å². The number of rotatable bonds is 3. The highest BCUT2D eigenvalue weighted by molar-refractivity contribution is 6.23. The predicted octanol–water partition coefficient (Wildman–Crippen LogP) is 2.27. The second-order valence-corrected chi connectivity index (χ2v) is 3.22. The Morgan fingerprint density at radius 3 is 2.50 bits per heavy atom. The lowest BCUT2D eigenvalue weighted by atomic mass is 10.0. The Morgan fingerprint density at radius 1 is 1.44 bits per heavy atom. The molecule has 0 unspecified atom stereocenters. The molecule has 0 fully saturated rings. The first kappa shape index (κ1) is 12.7. The van der Waals surface area contributed by atoms with Crippen molar-refractivity contribution in [2.75, 3.05) is 13.2 Å². The molecule has 0 atom stereocenters. The number of carbonyl (C=O) groups is 1. The minimum absolute atomic E-state index is 0.0461. The molecule has 3 nitrogen and oxygen atoms in total. The van der Waals surface area contributed by atoms with E-state index in [1.807, 2.05) is 0 Å². The number of aliphatic imine (C=N–C) groups is 1. The normalized spacial score (nSPS) is 16.4. The minimum Gasteiger partial charge on any atom is -0.462 e. The third-order valence-electron chi connectivity index (χ3n) is 2.19. The summed E-state index contributed by atoms with van der Waals surface area (Å²) in [4.78, 5) is 14.8. The van der Waals surface area contributed by atoms with Gasteiger partial charge in [0.2, 0.25) is 0 Å². The number of esters is 1. The van der Waals surface area contributed by atoms with Crippen LogP contribution in [0.2, 0.25) is 0 Å². The molecule has 0 spiro atoms. The third kappa shape index (κ3) is 2.43. The zero-order valence-electron chi connectivity index (χ0n) is 9.02. The van der Waals surface area contributed by atoms with E-state index in [-0.39, 0.29) is 13.2 Å². The Kier molecular flexibility index (Phi) is 3.72. The minimum atomic E-state index is -4.60. The maximum Gasteiger partial charge on any atom is 0.433 e. The van der Waals surface area contributed by atoms with E-state index in [1.54, 1.807) is 13.8 Å². The lowest BCUT2D eigenvalue weighted by Gasteiger charge is -2.10. The Balaban J connectivity index is 3.06. The first-order valence-electron chi connectivity index (χ1n) is 4.93. The van der Waals surface area contributed by atoms with Crippen LogP contribution in [0.1, 0.15) is 20.3 Å². The van der Waals surface area contributed by atoms with Crippen LogP contribution < -0.4 is 0 Å². The molecule has 16 heavy (non-hydrogen) atoms. The van der Waals surface area contributed by atoms with Crippen LogP contribution >= 0.6 is 0 Å². The van der Waals surface area contributed by atoms with Crippen molar-refractivity contribution in [1.82, 2.24) is 0 Å². The molecular weight excluding hydrogens is 223 g/mol. The summed E-state index contributed by atoms with van der Waals surface area (Å²) in [6.07, 6.45) is -4.24. The highest BCUT2D eigenvalue weighted by Gasteiger charge is 2.44. The van der Waals surface area contributed by atoms with Crippen molar-refractivity contribution in [2.45, 2.75) is 26.4 Å².